The molecule has 0 saturated carbocycles. The van der Waals surface area contributed by atoms with E-state index >= 15 is 0 Å². The van der Waals surface area contributed by atoms with E-state index in [-0.39, 0.29) is 5.63 Å². The van der Waals surface area contributed by atoms with Gasteiger partial charge in [-0.15, -0.1) is 0 Å². The molecule has 11 heavy (non-hydrogen) atoms. The summed E-state index contributed by atoms with van der Waals surface area (Å²) < 4.78 is 4.86. The Morgan fingerprint density at radius 3 is 2.73 bits per heavy atom. The van der Waals surface area contributed by atoms with Gasteiger partial charge in [0.05, 0.1) is 0 Å². The van der Waals surface area contributed by atoms with Crippen LogP contribution in [-0.4, -0.2) is 0 Å². The maximum absolute atomic E-state index is 10.8. The van der Waals surface area contributed by atoms with Crippen LogP contribution in [-0.2, 0) is 0 Å². The minimum Gasteiger partial charge on any atom is -0.423 e. The largest absolute Gasteiger partial charge is 0.423 e. The van der Waals surface area contributed by atoms with Crippen molar-refractivity contribution in [2.45, 2.75) is 13.8 Å². The van der Waals surface area contributed by atoms with E-state index in [4.69, 9.17) is 4.42 Å². The smallest absolute Gasteiger partial charge is 0.336 e. The maximum atomic E-state index is 10.8. The van der Waals surface area contributed by atoms with Crippen LogP contribution in [0.3, 0.4) is 0 Å². The Hall–Kier alpha value is -1.31. The molecule has 1 aromatic heterocycles. The van der Waals surface area contributed by atoms with Gasteiger partial charge in [0.1, 0.15) is 5.76 Å². The van der Waals surface area contributed by atoms with Crippen LogP contribution in [0.15, 0.2) is 27.4 Å². The topological polar surface area (TPSA) is 30.2 Å². The van der Waals surface area contributed by atoms with Crippen molar-refractivity contribution in [1.29, 1.82) is 0 Å². The normalized spacial score (nSPS) is 10.7. The number of aryl methyl sites for hydroxylation is 1. The summed E-state index contributed by atoms with van der Waals surface area (Å²) in [5.41, 5.74) is 0.632. The molecule has 58 valence electrons. The summed E-state index contributed by atoms with van der Waals surface area (Å²) in [6, 6.07) is 3.29. The van der Waals surface area contributed by atoms with Crippen LogP contribution in [0.2, 0.25) is 0 Å². The second-order valence-corrected chi connectivity index (χ2v) is 2.36. The van der Waals surface area contributed by atoms with Crippen molar-refractivity contribution < 1.29 is 4.42 Å². The lowest BCUT2D eigenvalue weighted by molar-refractivity contribution is 0.499. The van der Waals surface area contributed by atoms with Gasteiger partial charge in [-0.25, -0.2) is 4.79 Å². The highest BCUT2D eigenvalue weighted by molar-refractivity contribution is 5.42. The first kappa shape index (κ1) is 7.79. The molecular weight excluding hydrogens is 140 g/mol. The summed E-state index contributed by atoms with van der Waals surface area (Å²) in [5.74, 6) is 0.609. The number of rotatable bonds is 1. The number of hydrogen-bond donors (Lipinski definition) is 0. The second-order valence-electron chi connectivity index (χ2n) is 2.36. The van der Waals surface area contributed by atoms with Crippen LogP contribution in [0.1, 0.15) is 18.2 Å². The zero-order chi connectivity index (χ0) is 8.27. The molecule has 0 atom stereocenters. The highest BCUT2D eigenvalue weighted by Gasteiger charge is 1.92. The van der Waals surface area contributed by atoms with Crippen LogP contribution in [0.4, 0.5) is 0 Å². The minimum absolute atomic E-state index is 0.293. The zero-order valence-electron chi connectivity index (χ0n) is 6.63. The maximum Gasteiger partial charge on any atom is 0.336 e. The van der Waals surface area contributed by atoms with Crippen LogP contribution < -0.4 is 5.63 Å². The van der Waals surface area contributed by atoms with Gasteiger partial charge >= 0.3 is 5.63 Å². The average Bonchev–Trinajstić information content (AvgIpc) is 1.85. The lowest BCUT2D eigenvalue weighted by Gasteiger charge is -1.92. The van der Waals surface area contributed by atoms with Crippen molar-refractivity contribution in [3.05, 3.63) is 40.0 Å². The minimum atomic E-state index is -0.293. The van der Waals surface area contributed by atoms with E-state index in [1.165, 1.54) is 6.07 Å². The van der Waals surface area contributed by atoms with E-state index < -0.39 is 0 Å². The van der Waals surface area contributed by atoms with E-state index in [0.29, 0.717) is 5.76 Å². The molecule has 1 heterocycles. The fourth-order valence-electron chi connectivity index (χ4n) is 0.873. The van der Waals surface area contributed by atoms with Gasteiger partial charge in [0, 0.05) is 6.07 Å². The molecule has 0 aliphatic rings. The Balaban J connectivity index is 3.19. The van der Waals surface area contributed by atoms with E-state index in [1.807, 2.05) is 26.0 Å². The van der Waals surface area contributed by atoms with E-state index in [9.17, 15) is 4.79 Å². The first-order valence-electron chi connectivity index (χ1n) is 3.47. The van der Waals surface area contributed by atoms with Gasteiger partial charge in [-0.05, 0) is 31.6 Å². The van der Waals surface area contributed by atoms with Crippen molar-refractivity contribution in [1.82, 2.24) is 0 Å². The summed E-state index contributed by atoms with van der Waals surface area (Å²) in [4.78, 5) is 10.8. The Morgan fingerprint density at radius 1 is 1.45 bits per heavy atom. The average molecular weight is 150 g/mol. The summed E-state index contributed by atoms with van der Waals surface area (Å²) in [6.45, 7) is 3.74. The Morgan fingerprint density at radius 2 is 2.18 bits per heavy atom. The predicted molar refractivity (Wildman–Crippen MR) is 44.4 cm³/mol. The van der Waals surface area contributed by atoms with Gasteiger partial charge in [0.25, 0.3) is 0 Å². The van der Waals surface area contributed by atoms with Gasteiger partial charge in [-0.1, -0.05) is 6.08 Å². The highest BCUT2D eigenvalue weighted by Crippen LogP contribution is 2.01. The quantitative estimate of drug-likeness (QED) is 0.612. The molecule has 1 aromatic rings. The number of allylic oxidation sites excluding steroid dienone is 1. The molecule has 0 fully saturated rings. The first-order chi connectivity index (χ1) is 5.22. The summed E-state index contributed by atoms with van der Waals surface area (Å²) in [7, 11) is 0. The molecule has 2 nitrogen and oxygen atoms in total. The van der Waals surface area contributed by atoms with Crippen molar-refractivity contribution in [2.75, 3.05) is 0 Å². The summed E-state index contributed by atoms with van der Waals surface area (Å²) in [6.07, 6.45) is 3.59. The molecule has 0 bridgehead atoms. The van der Waals surface area contributed by atoms with Crippen molar-refractivity contribution in [3.63, 3.8) is 0 Å². The van der Waals surface area contributed by atoms with Crippen molar-refractivity contribution >= 4 is 6.08 Å². The van der Waals surface area contributed by atoms with E-state index in [0.717, 1.165) is 5.56 Å². The second kappa shape index (κ2) is 3.19. The zero-order valence-corrected chi connectivity index (χ0v) is 6.63. The number of hydrogen-bond acceptors (Lipinski definition) is 2. The fraction of sp³-hybridized carbons (Fsp3) is 0.222. The summed E-state index contributed by atoms with van der Waals surface area (Å²) in [5, 5.41) is 0. The summed E-state index contributed by atoms with van der Waals surface area (Å²) >= 11 is 0. The van der Waals surface area contributed by atoms with E-state index in [1.54, 1.807) is 6.08 Å². The third kappa shape index (κ3) is 2.08. The molecule has 0 saturated heterocycles. The van der Waals surface area contributed by atoms with Crippen LogP contribution >= 0.6 is 0 Å². The third-order valence-electron chi connectivity index (χ3n) is 1.26. The van der Waals surface area contributed by atoms with Crippen molar-refractivity contribution in [3.8, 4) is 0 Å². The van der Waals surface area contributed by atoms with E-state index in [2.05, 4.69) is 0 Å². The monoisotopic (exact) mass is 150 g/mol. The molecule has 0 aliphatic heterocycles. The van der Waals surface area contributed by atoms with Crippen molar-refractivity contribution in [2.24, 2.45) is 0 Å². The molecule has 0 amide bonds. The molecule has 0 aliphatic carbocycles. The van der Waals surface area contributed by atoms with Crippen LogP contribution in [0, 0.1) is 6.92 Å². The van der Waals surface area contributed by atoms with Gasteiger partial charge in [-0.3, -0.25) is 0 Å². The van der Waals surface area contributed by atoms with Gasteiger partial charge < -0.3 is 4.42 Å². The standard InChI is InChI=1S/C9H10O2/c1-3-4-8-5-7(2)6-9(10)11-8/h3-6H,1-2H3/b4-3+. The molecule has 0 N–H and O–H groups in total. The van der Waals surface area contributed by atoms with Gasteiger partial charge in [-0.2, -0.15) is 0 Å². The van der Waals surface area contributed by atoms with Gasteiger partial charge in [0.15, 0.2) is 0 Å². The Kier molecular flexibility index (Phi) is 2.26. The molecule has 0 radical (unpaired) electrons. The lowest BCUT2D eigenvalue weighted by Crippen LogP contribution is -1.97. The predicted octanol–water partition coefficient (Wildman–Crippen LogP) is 1.98. The molecule has 0 spiro atoms. The molecule has 0 unspecified atom stereocenters. The SMILES string of the molecule is C/C=C/c1cc(C)cc(=O)o1. The Bertz CT molecular complexity index is 321. The third-order valence-corrected chi connectivity index (χ3v) is 1.26. The fourth-order valence-corrected chi connectivity index (χ4v) is 0.873. The molecule has 2 heteroatoms. The van der Waals surface area contributed by atoms with Crippen LogP contribution in [0.5, 0.6) is 0 Å². The van der Waals surface area contributed by atoms with Gasteiger partial charge in [0.2, 0.25) is 0 Å². The lowest BCUT2D eigenvalue weighted by atomic mass is 10.2. The molecule has 1 rings (SSSR count). The molecular formula is C9H10O2. The molecule has 0 aromatic carbocycles. The highest BCUT2D eigenvalue weighted by atomic mass is 16.4. The van der Waals surface area contributed by atoms with Crippen LogP contribution in [0.25, 0.3) is 6.08 Å². The first-order valence-corrected chi connectivity index (χ1v) is 3.47. The Labute approximate surface area is 65.2 Å².